The molecular weight excluding hydrogens is 236 g/mol. The Bertz CT molecular complexity index is 256. The Balaban J connectivity index is 1.69. The molecule has 2 unspecified atom stereocenters. The largest absolute Gasteiger partial charge is 0.349 e. The van der Waals surface area contributed by atoms with Crippen LogP contribution in [0.4, 0.5) is 0 Å². The highest BCUT2D eigenvalue weighted by Gasteiger charge is 2.31. The predicted molar refractivity (Wildman–Crippen MR) is 79.0 cm³/mol. The van der Waals surface area contributed by atoms with Crippen molar-refractivity contribution in [3.63, 3.8) is 0 Å². The molecule has 1 aliphatic heterocycles. The van der Waals surface area contributed by atoms with Crippen molar-refractivity contribution in [1.29, 1.82) is 0 Å². The number of unbranched alkanes of at least 4 members (excludes halogenated alkanes) is 2. The van der Waals surface area contributed by atoms with Gasteiger partial charge in [-0.1, -0.05) is 52.0 Å². The molecule has 2 heteroatoms. The van der Waals surface area contributed by atoms with Crippen molar-refractivity contribution < 1.29 is 9.47 Å². The van der Waals surface area contributed by atoms with E-state index >= 15 is 0 Å². The maximum atomic E-state index is 5.97. The summed E-state index contributed by atoms with van der Waals surface area (Å²) in [7, 11) is 0. The van der Waals surface area contributed by atoms with E-state index in [2.05, 4.69) is 13.5 Å². The van der Waals surface area contributed by atoms with Crippen LogP contribution < -0.4 is 0 Å². The molecule has 0 radical (unpaired) electrons. The van der Waals surface area contributed by atoms with Gasteiger partial charge in [-0.05, 0) is 37.2 Å². The minimum atomic E-state index is -0.166. The second kappa shape index (κ2) is 8.06. The number of rotatable bonds is 6. The fraction of sp³-hybridized carbons (Fsp3) is 0.882. The monoisotopic (exact) mass is 266 g/mol. The van der Waals surface area contributed by atoms with Crippen LogP contribution in [0.15, 0.2) is 12.7 Å². The molecule has 110 valence electrons. The Kier molecular flexibility index (Phi) is 6.39. The minimum Gasteiger partial charge on any atom is -0.349 e. The molecule has 0 aromatic heterocycles. The second-order valence-corrected chi connectivity index (χ2v) is 6.21. The number of hydrogen-bond acceptors (Lipinski definition) is 2. The molecule has 0 aromatic rings. The quantitative estimate of drug-likeness (QED) is 0.513. The summed E-state index contributed by atoms with van der Waals surface area (Å²) in [6.07, 6.45) is 14.2. The van der Waals surface area contributed by atoms with Crippen LogP contribution in [0.1, 0.15) is 64.7 Å². The van der Waals surface area contributed by atoms with Crippen LogP contribution in [-0.2, 0) is 9.47 Å². The summed E-state index contributed by atoms with van der Waals surface area (Å²) >= 11 is 0. The summed E-state index contributed by atoms with van der Waals surface area (Å²) in [6, 6.07) is 0. The summed E-state index contributed by atoms with van der Waals surface area (Å²) in [4.78, 5) is 0. The molecule has 2 rings (SSSR count). The van der Waals surface area contributed by atoms with Gasteiger partial charge in [0.2, 0.25) is 0 Å². The van der Waals surface area contributed by atoms with Crippen LogP contribution in [0.25, 0.3) is 0 Å². The Hall–Kier alpha value is -0.340. The molecule has 0 aromatic carbocycles. The van der Waals surface area contributed by atoms with Crippen molar-refractivity contribution in [3.05, 3.63) is 12.7 Å². The molecule has 0 N–H and O–H groups in total. The highest BCUT2D eigenvalue weighted by molar-refractivity contribution is 4.83. The summed E-state index contributed by atoms with van der Waals surface area (Å²) < 4.78 is 11.5. The fourth-order valence-corrected chi connectivity index (χ4v) is 3.58. The van der Waals surface area contributed by atoms with Gasteiger partial charge in [-0.15, -0.1) is 0 Å². The minimum absolute atomic E-state index is 0.166. The first-order valence-electron chi connectivity index (χ1n) is 8.23. The SMILES string of the molecule is C=CC1OCCC(C2CCC(CCCCC)CC2)O1. The molecule has 1 saturated heterocycles. The highest BCUT2D eigenvalue weighted by atomic mass is 16.7. The summed E-state index contributed by atoms with van der Waals surface area (Å²) in [6.45, 7) is 6.89. The Morgan fingerprint density at radius 3 is 2.58 bits per heavy atom. The van der Waals surface area contributed by atoms with E-state index in [1.54, 1.807) is 6.08 Å². The zero-order valence-corrected chi connectivity index (χ0v) is 12.5. The van der Waals surface area contributed by atoms with Gasteiger partial charge >= 0.3 is 0 Å². The van der Waals surface area contributed by atoms with Gasteiger partial charge in [0.05, 0.1) is 12.7 Å². The topological polar surface area (TPSA) is 18.5 Å². The van der Waals surface area contributed by atoms with E-state index < -0.39 is 0 Å². The normalized spacial score (nSPS) is 36.1. The maximum Gasteiger partial charge on any atom is 0.176 e. The third-order valence-electron chi connectivity index (χ3n) is 4.82. The van der Waals surface area contributed by atoms with Gasteiger partial charge in [-0.2, -0.15) is 0 Å². The zero-order valence-electron chi connectivity index (χ0n) is 12.5. The Morgan fingerprint density at radius 2 is 1.89 bits per heavy atom. The van der Waals surface area contributed by atoms with Gasteiger partial charge in [0.15, 0.2) is 6.29 Å². The van der Waals surface area contributed by atoms with E-state index in [0.717, 1.165) is 24.9 Å². The molecule has 2 nitrogen and oxygen atoms in total. The third-order valence-corrected chi connectivity index (χ3v) is 4.82. The van der Waals surface area contributed by atoms with Gasteiger partial charge < -0.3 is 9.47 Å². The van der Waals surface area contributed by atoms with Crippen molar-refractivity contribution in [2.45, 2.75) is 77.1 Å². The molecule has 19 heavy (non-hydrogen) atoms. The van der Waals surface area contributed by atoms with E-state index in [4.69, 9.17) is 9.47 Å². The lowest BCUT2D eigenvalue weighted by molar-refractivity contribution is -0.203. The van der Waals surface area contributed by atoms with Crippen LogP contribution >= 0.6 is 0 Å². The average molecular weight is 266 g/mol. The highest BCUT2D eigenvalue weighted by Crippen LogP contribution is 2.36. The van der Waals surface area contributed by atoms with E-state index in [1.807, 2.05) is 0 Å². The predicted octanol–water partition coefficient (Wildman–Crippen LogP) is 4.69. The zero-order chi connectivity index (χ0) is 13.5. The second-order valence-electron chi connectivity index (χ2n) is 6.21. The Labute approximate surface area is 118 Å². The third kappa shape index (κ3) is 4.61. The van der Waals surface area contributed by atoms with Crippen LogP contribution in [0.5, 0.6) is 0 Å². The maximum absolute atomic E-state index is 5.97. The standard InChI is InChI=1S/C17H30O2/c1-3-5-6-7-14-8-10-15(11-9-14)16-12-13-18-17(4-2)19-16/h4,14-17H,2-3,5-13H2,1H3. The molecule has 0 spiro atoms. The van der Waals surface area contributed by atoms with E-state index in [1.165, 1.54) is 51.4 Å². The van der Waals surface area contributed by atoms with E-state index in [0.29, 0.717) is 6.10 Å². The van der Waals surface area contributed by atoms with Crippen LogP contribution in [0.3, 0.4) is 0 Å². The first-order valence-corrected chi connectivity index (χ1v) is 8.23. The molecule has 2 fully saturated rings. The molecule has 0 bridgehead atoms. The van der Waals surface area contributed by atoms with E-state index in [-0.39, 0.29) is 6.29 Å². The number of ether oxygens (including phenoxy) is 2. The van der Waals surface area contributed by atoms with Crippen LogP contribution in [0, 0.1) is 11.8 Å². The first-order chi connectivity index (χ1) is 9.33. The number of hydrogen-bond donors (Lipinski definition) is 0. The van der Waals surface area contributed by atoms with Gasteiger partial charge in [-0.25, -0.2) is 0 Å². The van der Waals surface area contributed by atoms with Crippen LogP contribution in [0.2, 0.25) is 0 Å². The van der Waals surface area contributed by atoms with Crippen molar-refractivity contribution in [1.82, 2.24) is 0 Å². The molecule has 2 aliphatic rings. The van der Waals surface area contributed by atoms with Gasteiger partial charge in [0.1, 0.15) is 0 Å². The molecule has 2 atom stereocenters. The van der Waals surface area contributed by atoms with Gasteiger partial charge in [0, 0.05) is 0 Å². The smallest absolute Gasteiger partial charge is 0.176 e. The lowest BCUT2D eigenvalue weighted by atomic mass is 9.77. The molecule has 1 heterocycles. The summed E-state index contributed by atoms with van der Waals surface area (Å²) in [5, 5.41) is 0. The lowest BCUT2D eigenvalue weighted by Crippen LogP contribution is -2.37. The van der Waals surface area contributed by atoms with Crippen LogP contribution in [-0.4, -0.2) is 19.0 Å². The van der Waals surface area contributed by atoms with Gasteiger partial charge in [0.25, 0.3) is 0 Å². The van der Waals surface area contributed by atoms with Crippen molar-refractivity contribution in [2.24, 2.45) is 11.8 Å². The van der Waals surface area contributed by atoms with Crippen molar-refractivity contribution >= 4 is 0 Å². The van der Waals surface area contributed by atoms with E-state index in [9.17, 15) is 0 Å². The van der Waals surface area contributed by atoms with Crippen molar-refractivity contribution in [3.8, 4) is 0 Å². The molecule has 1 saturated carbocycles. The van der Waals surface area contributed by atoms with Gasteiger partial charge in [-0.3, -0.25) is 0 Å². The molecular formula is C17H30O2. The first kappa shape index (κ1) is 15.1. The molecule has 1 aliphatic carbocycles. The Morgan fingerprint density at radius 1 is 1.11 bits per heavy atom. The van der Waals surface area contributed by atoms with Crippen molar-refractivity contribution in [2.75, 3.05) is 6.61 Å². The summed E-state index contributed by atoms with van der Waals surface area (Å²) in [5.74, 6) is 1.74. The lowest BCUT2D eigenvalue weighted by Gasteiger charge is -2.37. The fourth-order valence-electron chi connectivity index (χ4n) is 3.58. The summed E-state index contributed by atoms with van der Waals surface area (Å²) in [5.41, 5.74) is 0. The molecule has 0 amide bonds. The average Bonchev–Trinajstić information content (AvgIpc) is 2.48.